The van der Waals surface area contributed by atoms with Gasteiger partial charge in [0.1, 0.15) is 5.56 Å². The first-order valence-electron chi connectivity index (χ1n) is 9.56. The molecule has 0 bridgehead atoms. The van der Waals surface area contributed by atoms with Crippen LogP contribution in [0.15, 0.2) is 53.9 Å². The monoisotopic (exact) mass is 485 g/mol. The van der Waals surface area contributed by atoms with E-state index in [1.165, 1.54) is 48.2 Å². The second kappa shape index (κ2) is 11.2. The summed E-state index contributed by atoms with van der Waals surface area (Å²) in [5.74, 6) is -0.322. The Labute approximate surface area is 197 Å². The van der Waals surface area contributed by atoms with Gasteiger partial charge in [0, 0.05) is 35.5 Å². The highest BCUT2D eigenvalue weighted by Gasteiger charge is 2.20. The van der Waals surface area contributed by atoms with E-state index in [9.17, 15) is 24.5 Å². The van der Waals surface area contributed by atoms with Crippen molar-refractivity contribution in [3.63, 3.8) is 0 Å². The largest absolute Gasteiger partial charge is 0.326 e. The molecule has 0 aliphatic carbocycles. The number of thiazole rings is 1. The van der Waals surface area contributed by atoms with Gasteiger partial charge in [-0.2, -0.15) is 0 Å². The highest BCUT2D eigenvalue weighted by Crippen LogP contribution is 2.23. The number of rotatable bonds is 9. The Bertz CT molecular complexity index is 1180. The molecule has 3 aromatic rings. The molecule has 12 heteroatoms. The van der Waals surface area contributed by atoms with Crippen LogP contribution in [0, 0.1) is 10.1 Å². The molecule has 2 aromatic carbocycles. The number of benzene rings is 2. The Kier molecular flexibility index (Phi) is 8.11. The molecule has 0 saturated carbocycles. The molecule has 0 saturated heterocycles. The maximum Gasteiger partial charge on any atom is 0.282 e. The summed E-state index contributed by atoms with van der Waals surface area (Å²) in [7, 11) is 0. The van der Waals surface area contributed by atoms with Crippen molar-refractivity contribution in [1.29, 1.82) is 0 Å². The lowest BCUT2D eigenvalue weighted by Crippen LogP contribution is -2.14. The molecule has 3 amide bonds. The van der Waals surface area contributed by atoms with Gasteiger partial charge in [0.25, 0.3) is 11.6 Å². The quantitative estimate of drug-likeness (QED) is 0.305. The third kappa shape index (κ3) is 7.12. The molecular weight excluding hydrogens is 466 g/mol. The Morgan fingerprint density at radius 1 is 1.03 bits per heavy atom. The average molecular weight is 486 g/mol. The van der Waals surface area contributed by atoms with Gasteiger partial charge in [0.05, 0.1) is 16.4 Å². The number of amides is 3. The first-order chi connectivity index (χ1) is 15.8. The van der Waals surface area contributed by atoms with Crippen LogP contribution in [0.3, 0.4) is 0 Å². The second-order valence-corrected chi connectivity index (χ2v) is 8.52. The molecule has 3 rings (SSSR count). The summed E-state index contributed by atoms with van der Waals surface area (Å²) in [4.78, 5) is 50.3. The van der Waals surface area contributed by atoms with Gasteiger partial charge < -0.3 is 10.6 Å². The van der Waals surface area contributed by atoms with Crippen molar-refractivity contribution in [1.82, 2.24) is 4.98 Å². The zero-order chi connectivity index (χ0) is 23.8. The Morgan fingerprint density at radius 2 is 1.70 bits per heavy atom. The lowest BCUT2D eigenvalue weighted by molar-refractivity contribution is -0.385. The van der Waals surface area contributed by atoms with Crippen LogP contribution in [0.1, 0.15) is 23.0 Å². The number of hydrogen-bond acceptors (Lipinski definition) is 8. The van der Waals surface area contributed by atoms with Crippen molar-refractivity contribution in [2.75, 3.05) is 21.7 Å². The summed E-state index contributed by atoms with van der Waals surface area (Å²) in [5.41, 5.74) is 1.61. The van der Waals surface area contributed by atoms with E-state index in [0.717, 1.165) is 0 Å². The van der Waals surface area contributed by atoms with Crippen LogP contribution in [-0.4, -0.2) is 33.4 Å². The van der Waals surface area contributed by atoms with E-state index in [-0.39, 0.29) is 28.8 Å². The number of aromatic nitrogens is 1. The maximum absolute atomic E-state index is 12.4. The van der Waals surface area contributed by atoms with Crippen molar-refractivity contribution in [3.8, 4) is 0 Å². The molecule has 170 valence electrons. The average Bonchev–Trinajstić information content (AvgIpc) is 3.21. The predicted octanol–water partition coefficient (Wildman–Crippen LogP) is 4.13. The molecule has 3 N–H and O–H groups in total. The van der Waals surface area contributed by atoms with Crippen molar-refractivity contribution in [2.24, 2.45) is 0 Å². The van der Waals surface area contributed by atoms with E-state index in [1.54, 1.807) is 35.7 Å². The molecule has 0 atom stereocenters. The highest BCUT2D eigenvalue weighted by molar-refractivity contribution is 7.99. The molecule has 0 radical (unpaired) electrons. The first-order valence-corrected chi connectivity index (χ1v) is 11.6. The summed E-state index contributed by atoms with van der Waals surface area (Å²) >= 11 is 2.55. The van der Waals surface area contributed by atoms with Gasteiger partial charge in [-0.15, -0.1) is 23.1 Å². The summed E-state index contributed by atoms with van der Waals surface area (Å²) in [6, 6.07) is 12.5. The summed E-state index contributed by atoms with van der Waals surface area (Å²) in [5, 5.41) is 21.1. The van der Waals surface area contributed by atoms with E-state index < -0.39 is 10.8 Å². The minimum atomic E-state index is -0.611. The number of anilines is 3. The van der Waals surface area contributed by atoms with Crippen LogP contribution in [0.2, 0.25) is 0 Å². The second-order valence-electron chi connectivity index (χ2n) is 6.67. The van der Waals surface area contributed by atoms with Gasteiger partial charge >= 0.3 is 0 Å². The van der Waals surface area contributed by atoms with Crippen molar-refractivity contribution in [2.45, 2.75) is 12.7 Å². The number of nitrogens with one attached hydrogen (secondary N) is 3. The van der Waals surface area contributed by atoms with Crippen LogP contribution < -0.4 is 16.0 Å². The van der Waals surface area contributed by atoms with E-state index >= 15 is 0 Å². The molecule has 0 spiro atoms. The number of carbonyl (C=O) groups excluding carboxylic acids is 3. The fourth-order valence-electron chi connectivity index (χ4n) is 2.71. The fraction of sp³-hybridized carbons (Fsp3) is 0.143. The molecule has 1 aromatic heterocycles. The molecule has 10 nitrogen and oxygen atoms in total. The van der Waals surface area contributed by atoms with Gasteiger partial charge in [0.2, 0.25) is 11.8 Å². The van der Waals surface area contributed by atoms with Crippen molar-refractivity contribution in [3.05, 3.63) is 75.3 Å². The van der Waals surface area contributed by atoms with E-state index in [0.29, 0.717) is 28.0 Å². The van der Waals surface area contributed by atoms with Gasteiger partial charge in [-0.3, -0.25) is 29.8 Å². The molecule has 1 heterocycles. The Hall–Kier alpha value is -3.77. The number of para-hydroxylation sites is 1. The van der Waals surface area contributed by atoms with Crippen LogP contribution in [0.5, 0.6) is 0 Å². The SMILES string of the molecule is CC(=O)Nc1ccc(NC(=O)CSCc2csc(NC(=O)c3ccccc3[N+](=O)[O-])n2)cc1. The normalized spacial score (nSPS) is 10.3. The maximum atomic E-state index is 12.4. The molecule has 33 heavy (non-hydrogen) atoms. The third-order valence-corrected chi connectivity index (χ3v) is 5.86. The van der Waals surface area contributed by atoms with Crippen LogP contribution in [0.25, 0.3) is 0 Å². The lowest BCUT2D eigenvalue weighted by atomic mass is 10.1. The summed E-state index contributed by atoms with van der Waals surface area (Å²) < 4.78 is 0. The smallest absolute Gasteiger partial charge is 0.282 e. The third-order valence-electron chi connectivity index (χ3n) is 4.09. The number of hydrogen-bond donors (Lipinski definition) is 3. The first kappa shape index (κ1) is 23.9. The zero-order valence-corrected chi connectivity index (χ0v) is 19.0. The number of nitrogens with zero attached hydrogens (tertiary/aromatic N) is 2. The van der Waals surface area contributed by atoms with Gasteiger partial charge in [-0.1, -0.05) is 12.1 Å². The van der Waals surface area contributed by atoms with Gasteiger partial charge in [-0.25, -0.2) is 4.98 Å². The minimum Gasteiger partial charge on any atom is -0.326 e. The molecule has 0 aliphatic heterocycles. The summed E-state index contributed by atoms with van der Waals surface area (Å²) in [6.45, 7) is 1.42. The molecule has 0 fully saturated rings. The molecule has 0 unspecified atom stereocenters. The number of nitro benzene ring substituents is 1. The number of carbonyl (C=O) groups is 3. The van der Waals surface area contributed by atoms with E-state index in [4.69, 9.17) is 0 Å². The Balaban J connectivity index is 1.46. The predicted molar refractivity (Wildman–Crippen MR) is 129 cm³/mol. The lowest BCUT2D eigenvalue weighted by Gasteiger charge is -2.06. The fourth-order valence-corrected chi connectivity index (χ4v) is 4.23. The summed E-state index contributed by atoms with van der Waals surface area (Å²) in [6.07, 6.45) is 0. The van der Waals surface area contributed by atoms with Crippen molar-refractivity contribution >= 4 is 63.0 Å². The van der Waals surface area contributed by atoms with Crippen LogP contribution >= 0.6 is 23.1 Å². The van der Waals surface area contributed by atoms with E-state index in [2.05, 4.69) is 20.9 Å². The Morgan fingerprint density at radius 3 is 2.36 bits per heavy atom. The minimum absolute atomic E-state index is 0.0459. The van der Waals surface area contributed by atoms with Gasteiger partial charge in [-0.05, 0) is 30.3 Å². The molecular formula is C21H19N5O5S2. The molecule has 0 aliphatic rings. The van der Waals surface area contributed by atoms with Crippen molar-refractivity contribution < 1.29 is 19.3 Å². The highest BCUT2D eigenvalue weighted by atomic mass is 32.2. The number of nitro groups is 1. The zero-order valence-electron chi connectivity index (χ0n) is 17.4. The van der Waals surface area contributed by atoms with Crippen LogP contribution in [-0.2, 0) is 15.3 Å². The number of thioether (sulfide) groups is 1. The van der Waals surface area contributed by atoms with Gasteiger partial charge in [0.15, 0.2) is 5.13 Å². The topological polar surface area (TPSA) is 143 Å². The van der Waals surface area contributed by atoms with Crippen LogP contribution in [0.4, 0.5) is 22.2 Å². The van der Waals surface area contributed by atoms with E-state index in [1.807, 2.05) is 0 Å². The standard InChI is InChI=1S/C21H19N5O5S2/c1-13(27)22-14-6-8-15(9-7-14)23-19(28)12-32-10-16-11-33-21(24-16)25-20(29)17-4-2-3-5-18(17)26(30)31/h2-9,11H,10,12H2,1H3,(H,22,27)(H,23,28)(H,24,25,29).